The molecule has 0 aliphatic heterocycles. The van der Waals surface area contributed by atoms with Gasteiger partial charge in [0.05, 0.1) is 11.0 Å². The molecule has 1 unspecified atom stereocenters. The van der Waals surface area contributed by atoms with E-state index in [1.807, 2.05) is 20.8 Å². The Morgan fingerprint density at radius 2 is 1.85 bits per heavy atom. The maximum atomic E-state index is 13.3. The van der Waals surface area contributed by atoms with E-state index in [-0.39, 0.29) is 18.0 Å². The number of rotatable bonds is 6. The maximum absolute atomic E-state index is 13.3. The number of hydrogen-bond donors (Lipinski definition) is 1. The van der Waals surface area contributed by atoms with Crippen molar-refractivity contribution in [1.82, 2.24) is 4.90 Å². The Labute approximate surface area is 157 Å². The number of non-ortho nitro benzene ring substituents is 1. The third-order valence-electron chi connectivity index (χ3n) is 4.33. The van der Waals surface area contributed by atoms with E-state index in [0.29, 0.717) is 17.5 Å². The Bertz CT molecular complexity index is 815. The second kappa shape index (κ2) is 8.16. The molecule has 144 valence electrons. The number of benzene rings is 2. The lowest BCUT2D eigenvalue weighted by Gasteiger charge is -2.39. The van der Waals surface area contributed by atoms with Crippen molar-refractivity contribution in [2.24, 2.45) is 5.41 Å². The van der Waals surface area contributed by atoms with Crippen LogP contribution in [-0.4, -0.2) is 27.6 Å². The molecule has 0 aliphatic rings. The Hall–Kier alpha value is -2.96. The molecular weight excluding hydrogens is 351 g/mol. The molecule has 0 aromatic heterocycles. The smallest absolute Gasteiger partial charge is 0.407 e. The van der Waals surface area contributed by atoms with Gasteiger partial charge in [-0.3, -0.25) is 10.1 Å². The first kappa shape index (κ1) is 20.4. The summed E-state index contributed by atoms with van der Waals surface area (Å²) < 4.78 is 13.3. The number of carbonyl (C=O) groups is 1. The third kappa shape index (κ3) is 5.26. The molecule has 1 amide bonds. The molecule has 0 spiro atoms. The second-order valence-electron chi connectivity index (χ2n) is 7.47. The Kier molecular flexibility index (Phi) is 6.15. The van der Waals surface area contributed by atoms with E-state index in [9.17, 15) is 24.4 Å². The number of halogens is 1. The summed E-state index contributed by atoms with van der Waals surface area (Å²) in [4.78, 5) is 23.7. The summed E-state index contributed by atoms with van der Waals surface area (Å²) in [6.45, 7) is 5.93. The number of carboxylic acid groups (broad SMARTS) is 1. The van der Waals surface area contributed by atoms with Crippen LogP contribution in [0.5, 0.6) is 0 Å². The lowest BCUT2D eigenvalue weighted by molar-refractivity contribution is -0.384. The van der Waals surface area contributed by atoms with Gasteiger partial charge in [0.1, 0.15) is 5.82 Å². The standard InChI is InChI=1S/C20H23FN2O4/c1-20(2,3)18(15-7-9-16(21)10-8-15)22(19(24)25)12-11-14-5-4-6-17(13-14)23(26)27/h4-10,13,18H,11-12H2,1-3H3,(H,24,25). The minimum absolute atomic E-state index is 0.0275. The quantitative estimate of drug-likeness (QED) is 0.567. The van der Waals surface area contributed by atoms with E-state index < -0.39 is 22.5 Å². The van der Waals surface area contributed by atoms with Crippen molar-refractivity contribution in [3.8, 4) is 0 Å². The zero-order valence-electron chi connectivity index (χ0n) is 15.6. The molecule has 0 fully saturated rings. The Morgan fingerprint density at radius 1 is 1.22 bits per heavy atom. The van der Waals surface area contributed by atoms with Gasteiger partial charge < -0.3 is 10.0 Å². The predicted octanol–water partition coefficient (Wildman–Crippen LogP) is 5.04. The van der Waals surface area contributed by atoms with E-state index in [4.69, 9.17) is 0 Å². The molecule has 2 rings (SSSR count). The highest BCUT2D eigenvalue weighted by molar-refractivity contribution is 5.66. The topological polar surface area (TPSA) is 83.7 Å². The summed E-state index contributed by atoms with van der Waals surface area (Å²) in [7, 11) is 0. The third-order valence-corrected chi connectivity index (χ3v) is 4.33. The zero-order valence-corrected chi connectivity index (χ0v) is 15.6. The van der Waals surface area contributed by atoms with Crippen LogP contribution in [0.4, 0.5) is 14.9 Å². The molecule has 2 aromatic rings. The van der Waals surface area contributed by atoms with Gasteiger partial charge in [-0.1, -0.05) is 45.0 Å². The SMILES string of the molecule is CC(C)(C)C(c1ccc(F)cc1)N(CCc1cccc([N+](=O)[O-])c1)C(=O)O. The van der Waals surface area contributed by atoms with Crippen LogP contribution in [-0.2, 0) is 6.42 Å². The lowest BCUT2D eigenvalue weighted by atomic mass is 9.81. The van der Waals surface area contributed by atoms with Gasteiger partial charge in [-0.15, -0.1) is 0 Å². The van der Waals surface area contributed by atoms with Crippen molar-refractivity contribution in [2.45, 2.75) is 33.2 Å². The lowest BCUT2D eigenvalue weighted by Crippen LogP contribution is -2.41. The van der Waals surface area contributed by atoms with Crippen molar-refractivity contribution >= 4 is 11.8 Å². The molecule has 7 heteroatoms. The second-order valence-corrected chi connectivity index (χ2v) is 7.47. The predicted molar refractivity (Wildman–Crippen MR) is 100 cm³/mol. The van der Waals surface area contributed by atoms with Crippen LogP contribution in [0.25, 0.3) is 0 Å². The van der Waals surface area contributed by atoms with Gasteiger partial charge in [0.15, 0.2) is 0 Å². The number of hydrogen-bond acceptors (Lipinski definition) is 3. The Balaban J connectivity index is 2.30. The van der Waals surface area contributed by atoms with Crippen LogP contribution in [0.3, 0.4) is 0 Å². The molecule has 0 saturated carbocycles. The highest BCUT2D eigenvalue weighted by Gasteiger charge is 2.34. The minimum Gasteiger partial charge on any atom is -0.465 e. The van der Waals surface area contributed by atoms with Crippen LogP contribution >= 0.6 is 0 Å². The number of nitro benzene ring substituents is 1. The van der Waals surface area contributed by atoms with Gasteiger partial charge in [0, 0.05) is 18.7 Å². The van der Waals surface area contributed by atoms with Crippen molar-refractivity contribution in [3.05, 3.63) is 75.6 Å². The van der Waals surface area contributed by atoms with Gasteiger partial charge in [-0.05, 0) is 35.1 Å². The molecule has 0 aliphatic carbocycles. The molecule has 1 N–H and O–H groups in total. The van der Waals surface area contributed by atoms with Gasteiger partial charge >= 0.3 is 6.09 Å². The fourth-order valence-electron chi connectivity index (χ4n) is 3.20. The van der Waals surface area contributed by atoms with Crippen LogP contribution in [0.2, 0.25) is 0 Å². The van der Waals surface area contributed by atoms with Crippen molar-refractivity contribution in [1.29, 1.82) is 0 Å². The van der Waals surface area contributed by atoms with Crippen molar-refractivity contribution in [3.63, 3.8) is 0 Å². The van der Waals surface area contributed by atoms with Crippen LogP contribution in [0.1, 0.15) is 37.9 Å². The van der Waals surface area contributed by atoms with Crippen LogP contribution < -0.4 is 0 Å². The average molecular weight is 374 g/mol. The van der Waals surface area contributed by atoms with Crippen LogP contribution in [0.15, 0.2) is 48.5 Å². The summed E-state index contributed by atoms with van der Waals surface area (Å²) in [6.07, 6.45) is -0.758. The molecular formula is C20H23FN2O4. The Morgan fingerprint density at radius 3 is 2.37 bits per heavy atom. The van der Waals surface area contributed by atoms with Crippen molar-refractivity contribution in [2.75, 3.05) is 6.54 Å². The molecule has 0 radical (unpaired) electrons. The average Bonchev–Trinajstić information content (AvgIpc) is 2.58. The van der Waals surface area contributed by atoms with Gasteiger partial charge in [0.25, 0.3) is 5.69 Å². The number of nitrogens with zero attached hydrogens (tertiary/aromatic N) is 2. The van der Waals surface area contributed by atoms with Crippen molar-refractivity contribution < 1.29 is 19.2 Å². The normalized spacial score (nSPS) is 12.4. The maximum Gasteiger partial charge on any atom is 0.407 e. The van der Waals surface area contributed by atoms with E-state index in [0.717, 1.165) is 0 Å². The fraction of sp³-hybridized carbons (Fsp3) is 0.350. The van der Waals surface area contributed by atoms with Gasteiger partial charge in [-0.2, -0.15) is 0 Å². The zero-order chi connectivity index (χ0) is 20.2. The van der Waals surface area contributed by atoms with Gasteiger partial charge in [0.2, 0.25) is 0 Å². The monoisotopic (exact) mass is 374 g/mol. The summed E-state index contributed by atoms with van der Waals surface area (Å²) in [5.41, 5.74) is 0.923. The van der Waals surface area contributed by atoms with E-state index in [2.05, 4.69) is 0 Å². The summed E-state index contributed by atoms with van der Waals surface area (Å²) in [5.74, 6) is -0.384. The van der Waals surface area contributed by atoms with E-state index in [1.54, 1.807) is 24.3 Å². The number of amides is 1. The molecule has 2 aromatic carbocycles. The first-order chi connectivity index (χ1) is 12.6. The molecule has 0 saturated heterocycles. The summed E-state index contributed by atoms with van der Waals surface area (Å²) in [5, 5.41) is 20.7. The molecule has 6 nitrogen and oxygen atoms in total. The molecule has 0 bridgehead atoms. The highest BCUT2D eigenvalue weighted by atomic mass is 19.1. The first-order valence-corrected chi connectivity index (χ1v) is 8.58. The van der Waals surface area contributed by atoms with E-state index in [1.165, 1.54) is 29.2 Å². The molecule has 0 heterocycles. The molecule has 1 atom stereocenters. The van der Waals surface area contributed by atoms with Gasteiger partial charge in [-0.25, -0.2) is 9.18 Å². The number of nitro groups is 1. The minimum atomic E-state index is -1.09. The molecule has 27 heavy (non-hydrogen) atoms. The highest BCUT2D eigenvalue weighted by Crippen LogP contribution is 2.38. The summed E-state index contributed by atoms with van der Waals surface area (Å²) >= 11 is 0. The fourth-order valence-corrected chi connectivity index (χ4v) is 3.20. The summed E-state index contributed by atoms with van der Waals surface area (Å²) in [6, 6.07) is 11.5. The van der Waals surface area contributed by atoms with E-state index >= 15 is 0 Å². The largest absolute Gasteiger partial charge is 0.465 e. The first-order valence-electron chi connectivity index (χ1n) is 8.58. The van der Waals surface area contributed by atoms with Crippen LogP contribution in [0, 0.1) is 21.3 Å².